The summed E-state index contributed by atoms with van der Waals surface area (Å²) in [6.45, 7) is 1.40. The van der Waals surface area contributed by atoms with Crippen LogP contribution in [0.1, 0.15) is 31.4 Å². The minimum Gasteiger partial charge on any atom is -0.480 e. The minimum absolute atomic E-state index is 0.502. The lowest BCUT2D eigenvalue weighted by molar-refractivity contribution is -0.138. The molecule has 1 heterocycles. The Balaban J connectivity index is 1.86. The van der Waals surface area contributed by atoms with Crippen LogP contribution in [0.15, 0.2) is 5.38 Å². The lowest BCUT2D eigenvalue weighted by Gasteiger charge is -2.08. The molecule has 0 bridgehead atoms. The number of hydrogen-bond acceptors (Lipinski definition) is 4. The zero-order valence-electron chi connectivity index (χ0n) is 9.27. The number of urea groups is 1. The van der Waals surface area contributed by atoms with Crippen molar-refractivity contribution in [2.24, 2.45) is 0 Å². The van der Waals surface area contributed by atoms with E-state index in [1.165, 1.54) is 18.3 Å². The fourth-order valence-electron chi connectivity index (χ4n) is 1.30. The van der Waals surface area contributed by atoms with Crippen molar-refractivity contribution < 1.29 is 14.7 Å². The monoisotopic (exact) mass is 255 g/mol. The second-order valence-electron chi connectivity index (χ2n) is 4.01. The summed E-state index contributed by atoms with van der Waals surface area (Å²) in [4.78, 5) is 26.2. The molecule has 1 aromatic rings. The average Bonchev–Trinajstić information content (AvgIpc) is 3.00. The number of hydrogen-bond donors (Lipinski definition) is 3. The average molecular weight is 255 g/mol. The highest BCUT2D eigenvalue weighted by molar-refractivity contribution is 7.13. The number of aliphatic carboxylic acids is 1. The van der Waals surface area contributed by atoms with E-state index in [2.05, 4.69) is 15.6 Å². The molecule has 2 rings (SSSR count). The van der Waals surface area contributed by atoms with Gasteiger partial charge in [-0.2, -0.15) is 0 Å². The standard InChI is InChI=1S/C10H13N3O3S/c1-5(8(14)15)11-9(16)13-10-12-7(4-17-10)6-2-3-6/h4-6H,2-3H2,1H3,(H,14,15)(H2,11,12,13,16)/t5-/m1/s1. The number of aromatic nitrogens is 1. The van der Waals surface area contributed by atoms with E-state index in [1.54, 1.807) is 0 Å². The summed E-state index contributed by atoms with van der Waals surface area (Å²) in [7, 11) is 0. The molecule has 0 aromatic carbocycles. The third-order valence-corrected chi connectivity index (χ3v) is 3.23. The number of nitrogens with zero attached hydrogens (tertiary/aromatic N) is 1. The molecule has 1 atom stereocenters. The number of amides is 2. The first kappa shape index (κ1) is 11.8. The van der Waals surface area contributed by atoms with Gasteiger partial charge in [0.2, 0.25) is 0 Å². The van der Waals surface area contributed by atoms with Crippen LogP contribution in [-0.2, 0) is 4.79 Å². The van der Waals surface area contributed by atoms with Gasteiger partial charge in [0.1, 0.15) is 6.04 Å². The number of anilines is 1. The zero-order valence-corrected chi connectivity index (χ0v) is 10.1. The SMILES string of the molecule is C[C@@H](NC(=O)Nc1nc(C2CC2)cs1)C(=O)O. The molecule has 1 saturated carbocycles. The molecule has 2 amide bonds. The van der Waals surface area contributed by atoms with Crippen molar-refractivity contribution in [2.75, 3.05) is 5.32 Å². The molecular formula is C10H13N3O3S. The van der Waals surface area contributed by atoms with Gasteiger partial charge in [-0.15, -0.1) is 11.3 Å². The van der Waals surface area contributed by atoms with E-state index >= 15 is 0 Å². The van der Waals surface area contributed by atoms with Crippen molar-refractivity contribution >= 4 is 28.5 Å². The molecule has 0 aliphatic heterocycles. The molecule has 1 aliphatic carbocycles. The Labute approximate surface area is 102 Å². The van der Waals surface area contributed by atoms with E-state index in [-0.39, 0.29) is 0 Å². The van der Waals surface area contributed by atoms with Crippen LogP contribution in [0.25, 0.3) is 0 Å². The van der Waals surface area contributed by atoms with E-state index in [0.717, 1.165) is 18.5 Å². The smallest absolute Gasteiger partial charge is 0.325 e. The second-order valence-corrected chi connectivity index (χ2v) is 4.87. The van der Waals surface area contributed by atoms with E-state index in [4.69, 9.17) is 5.11 Å². The number of rotatable bonds is 4. The second kappa shape index (κ2) is 4.70. The summed E-state index contributed by atoms with van der Waals surface area (Å²) in [5.74, 6) is -0.527. The molecule has 7 heteroatoms. The van der Waals surface area contributed by atoms with Crippen LogP contribution in [0.4, 0.5) is 9.93 Å². The first-order valence-electron chi connectivity index (χ1n) is 5.32. The van der Waals surface area contributed by atoms with E-state index in [0.29, 0.717) is 11.0 Å². The summed E-state index contributed by atoms with van der Waals surface area (Å²) in [5, 5.41) is 15.9. The number of nitrogens with one attached hydrogen (secondary N) is 2. The summed E-state index contributed by atoms with van der Waals surface area (Å²) >= 11 is 1.35. The molecule has 1 aromatic heterocycles. The number of carbonyl (C=O) groups is 2. The van der Waals surface area contributed by atoms with Gasteiger partial charge in [-0.05, 0) is 19.8 Å². The lowest BCUT2D eigenvalue weighted by atomic mass is 10.3. The van der Waals surface area contributed by atoms with Crippen LogP contribution >= 0.6 is 11.3 Å². The largest absolute Gasteiger partial charge is 0.480 e. The van der Waals surface area contributed by atoms with Gasteiger partial charge in [-0.25, -0.2) is 9.78 Å². The fraction of sp³-hybridized carbons (Fsp3) is 0.500. The van der Waals surface area contributed by atoms with Crippen LogP contribution in [0.5, 0.6) is 0 Å². The maximum absolute atomic E-state index is 11.4. The van der Waals surface area contributed by atoms with Crippen LogP contribution in [-0.4, -0.2) is 28.1 Å². The highest BCUT2D eigenvalue weighted by Gasteiger charge is 2.26. The Hall–Kier alpha value is -1.63. The summed E-state index contributed by atoms with van der Waals surface area (Å²) < 4.78 is 0. The first-order chi connectivity index (χ1) is 8.06. The van der Waals surface area contributed by atoms with Crippen LogP contribution in [0.3, 0.4) is 0 Å². The molecule has 0 saturated heterocycles. The van der Waals surface area contributed by atoms with Gasteiger partial charge in [0.05, 0.1) is 5.69 Å². The summed E-state index contributed by atoms with van der Waals surface area (Å²) in [5.41, 5.74) is 1.01. The molecule has 0 unspecified atom stereocenters. The fourth-order valence-corrected chi connectivity index (χ4v) is 2.09. The predicted octanol–water partition coefficient (Wildman–Crippen LogP) is 1.62. The van der Waals surface area contributed by atoms with Gasteiger partial charge < -0.3 is 10.4 Å². The third kappa shape index (κ3) is 3.16. The van der Waals surface area contributed by atoms with E-state index in [1.807, 2.05) is 5.38 Å². The van der Waals surface area contributed by atoms with Gasteiger partial charge in [-0.3, -0.25) is 10.1 Å². The maximum Gasteiger partial charge on any atom is 0.325 e. The zero-order chi connectivity index (χ0) is 12.4. The van der Waals surface area contributed by atoms with Crippen molar-refractivity contribution in [1.82, 2.24) is 10.3 Å². The molecule has 0 spiro atoms. The Kier molecular flexibility index (Phi) is 3.28. The first-order valence-corrected chi connectivity index (χ1v) is 6.20. The van der Waals surface area contributed by atoms with E-state index < -0.39 is 18.0 Å². The molecule has 1 fully saturated rings. The Morgan fingerprint density at radius 3 is 2.88 bits per heavy atom. The number of carboxylic acid groups (broad SMARTS) is 1. The molecular weight excluding hydrogens is 242 g/mol. The molecule has 6 nitrogen and oxygen atoms in total. The van der Waals surface area contributed by atoms with Crippen molar-refractivity contribution in [3.63, 3.8) is 0 Å². The van der Waals surface area contributed by atoms with Crippen molar-refractivity contribution in [1.29, 1.82) is 0 Å². The Bertz CT molecular complexity index is 442. The van der Waals surface area contributed by atoms with Crippen molar-refractivity contribution in [3.05, 3.63) is 11.1 Å². The molecule has 1 aliphatic rings. The van der Waals surface area contributed by atoms with Crippen LogP contribution < -0.4 is 10.6 Å². The summed E-state index contributed by atoms with van der Waals surface area (Å²) in [6, 6.07) is -1.46. The van der Waals surface area contributed by atoms with Crippen LogP contribution in [0.2, 0.25) is 0 Å². The van der Waals surface area contributed by atoms with Crippen molar-refractivity contribution in [3.8, 4) is 0 Å². The number of carboxylic acids is 1. The highest BCUT2D eigenvalue weighted by Crippen LogP contribution is 2.40. The predicted molar refractivity (Wildman–Crippen MR) is 63.3 cm³/mol. The van der Waals surface area contributed by atoms with Gasteiger partial charge >= 0.3 is 12.0 Å². The normalized spacial score (nSPS) is 16.3. The van der Waals surface area contributed by atoms with Gasteiger partial charge in [-0.1, -0.05) is 0 Å². The summed E-state index contributed by atoms with van der Waals surface area (Å²) in [6.07, 6.45) is 2.32. The van der Waals surface area contributed by atoms with Crippen LogP contribution in [0, 0.1) is 0 Å². The topological polar surface area (TPSA) is 91.3 Å². The van der Waals surface area contributed by atoms with E-state index in [9.17, 15) is 9.59 Å². The molecule has 92 valence electrons. The Morgan fingerprint density at radius 1 is 1.59 bits per heavy atom. The van der Waals surface area contributed by atoms with Gasteiger partial charge in [0.25, 0.3) is 0 Å². The highest BCUT2D eigenvalue weighted by atomic mass is 32.1. The minimum atomic E-state index is -1.07. The number of carbonyl (C=O) groups excluding carboxylic acids is 1. The quantitative estimate of drug-likeness (QED) is 0.762. The van der Waals surface area contributed by atoms with Gasteiger partial charge in [0, 0.05) is 11.3 Å². The molecule has 0 radical (unpaired) electrons. The lowest BCUT2D eigenvalue weighted by Crippen LogP contribution is -2.40. The number of thiazole rings is 1. The van der Waals surface area contributed by atoms with Gasteiger partial charge in [0.15, 0.2) is 5.13 Å². The molecule has 17 heavy (non-hydrogen) atoms. The maximum atomic E-state index is 11.4. The Morgan fingerprint density at radius 2 is 2.29 bits per heavy atom. The molecule has 3 N–H and O–H groups in total. The van der Waals surface area contributed by atoms with Crippen molar-refractivity contribution in [2.45, 2.75) is 31.7 Å². The third-order valence-electron chi connectivity index (χ3n) is 2.46.